The van der Waals surface area contributed by atoms with Gasteiger partial charge in [-0.05, 0) is 75.0 Å². The highest BCUT2D eigenvalue weighted by Crippen LogP contribution is 2.45. The van der Waals surface area contributed by atoms with Crippen LogP contribution in [0, 0.1) is 17.8 Å². The third-order valence-electron chi connectivity index (χ3n) is 11.5. The van der Waals surface area contributed by atoms with Gasteiger partial charge in [-0.2, -0.15) is 0 Å². The lowest BCUT2D eigenvalue weighted by molar-refractivity contribution is -0.147. The van der Waals surface area contributed by atoms with E-state index in [0.29, 0.717) is 32.5 Å². The number of carbonyl (C=O) groups is 5. The van der Waals surface area contributed by atoms with E-state index < -0.39 is 68.6 Å². The van der Waals surface area contributed by atoms with Gasteiger partial charge < -0.3 is 19.9 Å². The third-order valence-corrected chi connectivity index (χ3v) is 13.3. The minimum atomic E-state index is -3.89. The molecule has 2 N–H and O–H groups in total. The number of sulfonamides is 1. The average molecular weight is 740 g/mol. The Kier molecular flexibility index (Phi) is 10.8. The largest absolute Gasteiger partial charge is 0.444 e. The molecule has 0 spiro atoms. The van der Waals surface area contributed by atoms with Gasteiger partial charge in [-0.3, -0.25) is 28.8 Å². The molecule has 6 rings (SSSR count). The van der Waals surface area contributed by atoms with Crippen molar-refractivity contribution in [2.75, 3.05) is 13.1 Å². The van der Waals surface area contributed by atoms with Gasteiger partial charge in [-0.25, -0.2) is 13.2 Å². The maximum atomic E-state index is 14.5. The van der Waals surface area contributed by atoms with Crippen LogP contribution in [0.25, 0.3) is 0 Å². The van der Waals surface area contributed by atoms with Crippen LogP contribution in [-0.2, 0) is 53.4 Å². The van der Waals surface area contributed by atoms with Gasteiger partial charge >= 0.3 is 6.09 Å². The molecule has 52 heavy (non-hydrogen) atoms. The predicted molar refractivity (Wildman–Crippen MR) is 193 cm³/mol. The molecule has 284 valence electrons. The number of nitrogens with zero attached hydrogens (tertiary/aromatic N) is 3. The second kappa shape index (κ2) is 14.8. The van der Waals surface area contributed by atoms with Crippen LogP contribution in [0.4, 0.5) is 4.79 Å². The Morgan fingerprint density at radius 1 is 1.04 bits per heavy atom. The summed E-state index contributed by atoms with van der Waals surface area (Å²) in [5.41, 5.74) is 1.83. The summed E-state index contributed by atoms with van der Waals surface area (Å²) in [5, 5.41) is 2.15. The van der Waals surface area contributed by atoms with E-state index in [-0.39, 0.29) is 43.7 Å². The Balaban J connectivity index is 1.28. The SMILES string of the molecule is C=C[C@@H]1C[C@]1(NC(=O)[C@@H]1C[C@@H]2CN1C(=O)[C@H](C(C)C)CC(=O)N(C(C)C)CCCCCc1cccc3c1CN(C3)C(=O)O2)C(=O)NS(=O)(=O)C1CC1. The highest BCUT2D eigenvalue weighted by Gasteiger charge is 2.62. The number of hydrogen-bond acceptors (Lipinski definition) is 8. The van der Waals surface area contributed by atoms with Crippen molar-refractivity contribution in [2.45, 2.75) is 128 Å². The first-order chi connectivity index (χ1) is 24.6. The van der Waals surface area contributed by atoms with Gasteiger partial charge in [0, 0.05) is 50.4 Å². The van der Waals surface area contributed by atoms with Crippen molar-refractivity contribution in [3.8, 4) is 0 Å². The maximum Gasteiger partial charge on any atom is 0.410 e. The molecule has 0 aromatic heterocycles. The molecule has 5 amide bonds. The molecule has 3 fully saturated rings. The number of nitrogens with one attached hydrogen (secondary N) is 2. The average Bonchev–Trinajstić information content (AvgIpc) is 3.98. The summed E-state index contributed by atoms with van der Waals surface area (Å²) in [6, 6.07) is 4.92. The molecule has 2 aliphatic carbocycles. The van der Waals surface area contributed by atoms with Crippen LogP contribution in [0.2, 0.25) is 0 Å². The summed E-state index contributed by atoms with van der Waals surface area (Å²) in [6.45, 7) is 12.7. The van der Waals surface area contributed by atoms with E-state index in [1.54, 1.807) is 4.90 Å². The van der Waals surface area contributed by atoms with Gasteiger partial charge in [-0.15, -0.1) is 6.58 Å². The lowest BCUT2D eigenvalue weighted by atomic mass is 9.90. The van der Waals surface area contributed by atoms with Crippen molar-refractivity contribution < 1.29 is 37.1 Å². The van der Waals surface area contributed by atoms with Crippen LogP contribution in [0.1, 0.15) is 95.8 Å². The molecular weight excluding hydrogens is 687 g/mol. The highest BCUT2D eigenvalue weighted by molar-refractivity contribution is 7.91. The fraction of sp³-hybridized carbons (Fsp3) is 0.658. The quantitative estimate of drug-likeness (QED) is 0.384. The van der Waals surface area contributed by atoms with Crippen LogP contribution >= 0.6 is 0 Å². The Hall–Kier alpha value is -3.94. The number of ether oxygens (including phenoxy) is 1. The lowest BCUT2D eigenvalue weighted by Crippen LogP contribution is -2.57. The Morgan fingerprint density at radius 2 is 1.77 bits per heavy atom. The first-order valence-electron chi connectivity index (χ1n) is 18.8. The second-order valence-corrected chi connectivity index (χ2v) is 17.8. The first kappa shape index (κ1) is 37.8. The Morgan fingerprint density at radius 3 is 2.42 bits per heavy atom. The Bertz CT molecular complexity index is 1720. The topological polar surface area (TPSA) is 162 Å². The smallest absolute Gasteiger partial charge is 0.410 e. The molecule has 4 bridgehead atoms. The zero-order chi connectivity index (χ0) is 37.5. The number of rotatable bonds is 8. The van der Waals surface area contributed by atoms with Gasteiger partial charge in [0.2, 0.25) is 27.7 Å². The van der Waals surface area contributed by atoms with Gasteiger partial charge in [0.15, 0.2) is 0 Å². The van der Waals surface area contributed by atoms with E-state index >= 15 is 0 Å². The van der Waals surface area contributed by atoms with E-state index in [1.807, 2.05) is 44.7 Å². The molecular formula is C38H53N5O8S. The molecule has 14 heteroatoms. The number of benzene rings is 1. The van der Waals surface area contributed by atoms with Crippen LogP contribution in [0.5, 0.6) is 0 Å². The molecule has 2 saturated carbocycles. The molecule has 3 heterocycles. The molecule has 5 atom stereocenters. The lowest BCUT2D eigenvalue weighted by Gasteiger charge is -2.33. The monoisotopic (exact) mass is 739 g/mol. The predicted octanol–water partition coefficient (Wildman–Crippen LogP) is 3.40. The molecule has 0 radical (unpaired) electrons. The van der Waals surface area contributed by atoms with Crippen LogP contribution < -0.4 is 10.0 Å². The van der Waals surface area contributed by atoms with E-state index in [2.05, 4.69) is 22.7 Å². The zero-order valence-corrected chi connectivity index (χ0v) is 31.6. The van der Waals surface area contributed by atoms with E-state index in [9.17, 15) is 32.4 Å². The number of amides is 5. The van der Waals surface area contributed by atoms with Crippen molar-refractivity contribution in [2.24, 2.45) is 17.8 Å². The second-order valence-electron chi connectivity index (χ2n) is 15.9. The molecule has 1 aromatic rings. The minimum absolute atomic E-state index is 0.0247. The van der Waals surface area contributed by atoms with E-state index in [1.165, 1.54) is 16.5 Å². The summed E-state index contributed by atoms with van der Waals surface area (Å²) in [6.07, 6.45) is 4.68. The maximum absolute atomic E-state index is 14.5. The molecule has 5 aliphatic rings. The van der Waals surface area contributed by atoms with E-state index in [0.717, 1.165) is 36.8 Å². The fourth-order valence-electron chi connectivity index (χ4n) is 8.04. The van der Waals surface area contributed by atoms with E-state index in [4.69, 9.17) is 4.74 Å². The van der Waals surface area contributed by atoms with Crippen LogP contribution in [0.3, 0.4) is 0 Å². The van der Waals surface area contributed by atoms with Gasteiger partial charge in [0.25, 0.3) is 5.91 Å². The van der Waals surface area contributed by atoms with Crippen molar-refractivity contribution in [3.05, 3.63) is 47.5 Å². The Labute approximate surface area is 306 Å². The third kappa shape index (κ3) is 7.72. The van der Waals surface area contributed by atoms with Crippen molar-refractivity contribution >= 4 is 39.7 Å². The van der Waals surface area contributed by atoms with Crippen LogP contribution in [-0.4, -0.2) is 94.9 Å². The standard InChI is InChI=1S/C38H53N5O8S/c1-6-27-19-38(27,36(47)40-52(49,50)29-14-15-29)39-34(45)32-17-28-21-43(32)35(46)30(23(2)3)18-33(44)42(24(4)5)16-9-7-8-11-25-12-10-13-26-20-41(22-31(25)26)37(48)51-28/h6,10,12-13,23-24,27-30,32H,1,7-9,11,14-22H2,2-5H3,(H,39,45)(H,40,47)/t27-,28-,30+,32+,38-/m1/s1. The number of aryl methyl sites for hydroxylation is 1. The number of carbonyl (C=O) groups excluding carboxylic acids is 5. The summed E-state index contributed by atoms with van der Waals surface area (Å²) < 4.78 is 33.5. The normalized spacial score (nSPS) is 28.7. The van der Waals surface area contributed by atoms with Crippen LogP contribution in [0.15, 0.2) is 30.9 Å². The van der Waals surface area contributed by atoms with Crippen molar-refractivity contribution in [1.82, 2.24) is 24.7 Å². The number of fused-ring (bicyclic) bond motifs is 3. The first-order valence-corrected chi connectivity index (χ1v) is 20.4. The zero-order valence-electron chi connectivity index (χ0n) is 30.8. The van der Waals surface area contributed by atoms with Crippen molar-refractivity contribution in [3.63, 3.8) is 0 Å². The molecule has 0 unspecified atom stereocenters. The molecule has 13 nitrogen and oxygen atoms in total. The van der Waals surface area contributed by atoms with Gasteiger partial charge in [0.1, 0.15) is 17.7 Å². The highest BCUT2D eigenvalue weighted by atomic mass is 32.2. The summed E-state index contributed by atoms with van der Waals surface area (Å²) >= 11 is 0. The summed E-state index contributed by atoms with van der Waals surface area (Å²) in [7, 11) is -3.89. The minimum Gasteiger partial charge on any atom is -0.444 e. The molecule has 3 aliphatic heterocycles. The number of hydrogen-bond donors (Lipinski definition) is 2. The van der Waals surface area contributed by atoms with Crippen molar-refractivity contribution in [1.29, 1.82) is 0 Å². The van der Waals surface area contributed by atoms with Gasteiger partial charge in [-0.1, -0.05) is 44.5 Å². The fourth-order valence-corrected chi connectivity index (χ4v) is 9.40. The molecule has 1 saturated heterocycles. The molecule has 1 aromatic carbocycles. The summed E-state index contributed by atoms with van der Waals surface area (Å²) in [4.78, 5) is 74.4. The summed E-state index contributed by atoms with van der Waals surface area (Å²) in [5.74, 6) is -3.56. The van der Waals surface area contributed by atoms with Gasteiger partial charge in [0.05, 0.1) is 11.8 Å².